The number of carbonyl (C=O) groups is 1. The number of hydrogen-bond donors (Lipinski definition) is 0. The Labute approximate surface area is 125 Å². The molecular formula is C14H10Cl2N2O2. The average Bonchev–Trinajstić information content (AvgIpc) is 2.49. The van der Waals surface area contributed by atoms with E-state index in [4.69, 9.17) is 27.9 Å². The number of ether oxygens (including phenoxy) is 1. The number of pyridine rings is 1. The molecular weight excluding hydrogens is 299 g/mol. The van der Waals surface area contributed by atoms with E-state index in [1.807, 2.05) is 24.3 Å². The molecule has 6 heteroatoms. The lowest BCUT2D eigenvalue weighted by atomic mass is 10.2. The third-order valence-electron chi connectivity index (χ3n) is 3.02. The van der Waals surface area contributed by atoms with Crippen LogP contribution in [0.15, 0.2) is 36.5 Å². The molecule has 0 atom stereocenters. The normalized spacial score (nSPS) is 13.6. The number of rotatable bonds is 1. The summed E-state index contributed by atoms with van der Waals surface area (Å²) in [6.45, 7) is 0.938. The molecule has 0 fully saturated rings. The summed E-state index contributed by atoms with van der Waals surface area (Å²) in [5, 5.41) is 0.449. The number of para-hydroxylation sites is 2. The van der Waals surface area contributed by atoms with E-state index in [0.29, 0.717) is 24.5 Å². The van der Waals surface area contributed by atoms with Crippen molar-refractivity contribution in [2.75, 3.05) is 18.1 Å². The van der Waals surface area contributed by atoms with Crippen molar-refractivity contribution in [2.45, 2.75) is 0 Å². The average molecular weight is 309 g/mol. The van der Waals surface area contributed by atoms with E-state index in [1.54, 1.807) is 4.90 Å². The molecule has 0 saturated carbocycles. The van der Waals surface area contributed by atoms with Crippen molar-refractivity contribution in [2.24, 2.45) is 0 Å². The lowest BCUT2D eigenvalue weighted by Gasteiger charge is -2.29. The van der Waals surface area contributed by atoms with Gasteiger partial charge >= 0.3 is 0 Å². The largest absolute Gasteiger partial charge is 0.490 e. The number of benzene rings is 1. The lowest BCUT2D eigenvalue weighted by molar-refractivity contribution is 0.0976. The maximum Gasteiger partial charge on any atom is 0.260 e. The van der Waals surface area contributed by atoms with Crippen molar-refractivity contribution in [3.05, 3.63) is 52.3 Å². The first-order chi connectivity index (χ1) is 9.66. The van der Waals surface area contributed by atoms with Crippen molar-refractivity contribution in [3.8, 4) is 5.75 Å². The van der Waals surface area contributed by atoms with Crippen LogP contribution in [0.25, 0.3) is 0 Å². The molecule has 0 saturated heterocycles. The van der Waals surface area contributed by atoms with Gasteiger partial charge in [-0.3, -0.25) is 4.79 Å². The first-order valence-electron chi connectivity index (χ1n) is 6.01. The summed E-state index contributed by atoms with van der Waals surface area (Å²) in [6, 6.07) is 8.94. The van der Waals surface area contributed by atoms with E-state index in [9.17, 15) is 4.79 Å². The first-order valence-corrected chi connectivity index (χ1v) is 6.77. The quantitative estimate of drug-likeness (QED) is 0.758. The molecule has 20 heavy (non-hydrogen) atoms. The van der Waals surface area contributed by atoms with Crippen LogP contribution in [-0.4, -0.2) is 24.0 Å². The molecule has 2 aromatic rings. The van der Waals surface area contributed by atoms with Crippen molar-refractivity contribution in [1.82, 2.24) is 4.98 Å². The van der Waals surface area contributed by atoms with Crippen LogP contribution in [0, 0.1) is 0 Å². The highest BCUT2D eigenvalue weighted by Crippen LogP contribution is 2.32. The summed E-state index contributed by atoms with van der Waals surface area (Å²) >= 11 is 11.7. The summed E-state index contributed by atoms with van der Waals surface area (Å²) in [5.41, 5.74) is 1.14. The molecule has 102 valence electrons. The fraction of sp³-hybridized carbons (Fsp3) is 0.143. The minimum atomic E-state index is -0.174. The van der Waals surface area contributed by atoms with Gasteiger partial charge in [-0.1, -0.05) is 35.3 Å². The molecule has 1 aromatic heterocycles. The number of carbonyl (C=O) groups excluding carboxylic acids is 1. The van der Waals surface area contributed by atoms with Crippen molar-refractivity contribution in [3.63, 3.8) is 0 Å². The Kier molecular flexibility index (Phi) is 3.51. The van der Waals surface area contributed by atoms with Crippen molar-refractivity contribution < 1.29 is 9.53 Å². The van der Waals surface area contributed by atoms with Crippen LogP contribution in [0.5, 0.6) is 5.75 Å². The molecule has 0 bridgehead atoms. The van der Waals surface area contributed by atoms with E-state index in [1.165, 1.54) is 12.3 Å². The zero-order valence-corrected chi connectivity index (χ0v) is 11.9. The van der Waals surface area contributed by atoms with Gasteiger partial charge in [-0.15, -0.1) is 0 Å². The number of fused-ring (bicyclic) bond motifs is 1. The van der Waals surface area contributed by atoms with Gasteiger partial charge in [0.25, 0.3) is 5.91 Å². The third-order valence-corrected chi connectivity index (χ3v) is 3.70. The summed E-state index contributed by atoms with van der Waals surface area (Å²) in [6.07, 6.45) is 1.43. The molecule has 4 nitrogen and oxygen atoms in total. The fourth-order valence-corrected chi connectivity index (χ4v) is 2.34. The highest BCUT2D eigenvalue weighted by molar-refractivity contribution is 6.41. The minimum Gasteiger partial charge on any atom is -0.490 e. The summed E-state index contributed by atoms with van der Waals surface area (Å²) in [7, 11) is 0. The van der Waals surface area contributed by atoms with Gasteiger partial charge in [0.2, 0.25) is 0 Å². The number of hydrogen-bond acceptors (Lipinski definition) is 3. The third kappa shape index (κ3) is 2.32. The number of halogens is 2. The number of aromatic nitrogens is 1. The van der Waals surface area contributed by atoms with Crippen LogP contribution in [0.1, 0.15) is 10.4 Å². The van der Waals surface area contributed by atoms with E-state index < -0.39 is 0 Å². The van der Waals surface area contributed by atoms with Gasteiger partial charge in [-0.05, 0) is 18.2 Å². The van der Waals surface area contributed by atoms with E-state index in [2.05, 4.69) is 4.98 Å². The van der Waals surface area contributed by atoms with Gasteiger partial charge in [-0.2, -0.15) is 0 Å². The lowest BCUT2D eigenvalue weighted by Crippen LogP contribution is -2.38. The molecule has 1 aliphatic heterocycles. The van der Waals surface area contributed by atoms with Gasteiger partial charge in [-0.25, -0.2) is 4.98 Å². The molecule has 0 unspecified atom stereocenters. The standard InChI is InChI=1S/C14H10Cl2N2O2/c15-10-7-9(8-17-13(10)16)14(19)18-5-6-20-12-4-2-1-3-11(12)18/h1-4,7-8H,5-6H2. The Morgan fingerprint density at radius 1 is 1.30 bits per heavy atom. The molecule has 2 heterocycles. The van der Waals surface area contributed by atoms with Crippen LogP contribution in [0.3, 0.4) is 0 Å². The predicted molar refractivity (Wildman–Crippen MR) is 77.9 cm³/mol. The summed E-state index contributed by atoms with van der Waals surface area (Å²) in [4.78, 5) is 18.1. The van der Waals surface area contributed by atoms with Crippen LogP contribution < -0.4 is 9.64 Å². The van der Waals surface area contributed by atoms with Crippen LogP contribution >= 0.6 is 23.2 Å². The second-order valence-electron chi connectivity index (χ2n) is 4.27. The summed E-state index contributed by atoms with van der Waals surface area (Å²) in [5.74, 6) is 0.520. The topological polar surface area (TPSA) is 42.4 Å². The van der Waals surface area contributed by atoms with Crippen LogP contribution in [0.2, 0.25) is 10.2 Å². The Balaban J connectivity index is 1.97. The van der Waals surface area contributed by atoms with Gasteiger partial charge in [0.1, 0.15) is 17.5 Å². The van der Waals surface area contributed by atoms with Gasteiger partial charge in [0.15, 0.2) is 0 Å². The van der Waals surface area contributed by atoms with Crippen molar-refractivity contribution >= 4 is 34.8 Å². The Morgan fingerprint density at radius 2 is 2.10 bits per heavy atom. The Hall–Kier alpha value is -1.78. The molecule has 0 radical (unpaired) electrons. The number of anilines is 1. The molecule has 0 aliphatic carbocycles. The zero-order chi connectivity index (χ0) is 14.1. The Bertz CT molecular complexity index is 676. The molecule has 1 aliphatic rings. The maximum atomic E-state index is 12.6. The zero-order valence-electron chi connectivity index (χ0n) is 10.3. The monoisotopic (exact) mass is 308 g/mol. The predicted octanol–water partition coefficient (Wildman–Crippen LogP) is 3.43. The van der Waals surface area contributed by atoms with Gasteiger partial charge < -0.3 is 9.64 Å². The second kappa shape index (κ2) is 5.31. The molecule has 0 spiro atoms. The van der Waals surface area contributed by atoms with E-state index in [-0.39, 0.29) is 16.1 Å². The smallest absolute Gasteiger partial charge is 0.260 e. The highest BCUT2D eigenvalue weighted by atomic mass is 35.5. The second-order valence-corrected chi connectivity index (χ2v) is 5.03. The Morgan fingerprint density at radius 3 is 2.90 bits per heavy atom. The van der Waals surface area contributed by atoms with E-state index in [0.717, 1.165) is 5.69 Å². The fourth-order valence-electron chi connectivity index (χ4n) is 2.07. The van der Waals surface area contributed by atoms with Gasteiger partial charge in [0.05, 0.1) is 22.8 Å². The maximum absolute atomic E-state index is 12.6. The molecule has 1 amide bonds. The van der Waals surface area contributed by atoms with Gasteiger partial charge in [0, 0.05) is 6.20 Å². The summed E-state index contributed by atoms with van der Waals surface area (Å²) < 4.78 is 5.53. The van der Waals surface area contributed by atoms with E-state index >= 15 is 0 Å². The molecule has 1 aromatic carbocycles. The minimum absolute atomic E-state index is 0.174. The number of amides is 1. The van der Waals surface area contributed by atoms with Crippen molar-refractivity contribution in [1.29, 1.82) is 0 Å². The SMILES string of the molecule is O=C(c1cnc(Cl)c(Cl)c1)N1CCOc2ccccc21. The molecule has 3 rings (SSSR count). The molecule has 0 N–H and O–H groups in total. The number of nitrogens with zero attached hydrogens (tertiary/aromatic N) is 2. The highest BCUT2D eigenvalue weighted by Gasteiger charge is 2.24. The first kappa shape index (κ1) is 13.2. The van der Waals surface area contributed by atoms with Crippen LogP contribution in [-0.2, 0) is 0 Å². The van der Waals surface area contributed by atoms with Crippen LogP contribution in [0.4, 0.5) is 5.69 Å².